The van der Waals surface area contributed by atoms with Crippen molar-refractivity contribution in [3.05, 3.63) is 0 Å². The van der Waals surface area contributed by atoms with E-state index in [9.17, 15) is 9.59 Å². The van der Waals surface area contributed by atoms with Gasteiger partial charge in [-0.25, -0.2) is 0 Å². The number of rotatable bonds is 19. The molecule has 0 aromatic carbocycles. The topological polar surface area (TPSA) is 52.6 Å². The number of carbonyl (C=O) groups excluding carboxylic acids is 2. The van der Waals surface area contributed by atoms with E-state index in [0.29, 0.717) is 32.0 Å². The molecule has 0 heterocycles. The summed E-state index contributed by atoms with van der Waals surface area (Å²) in [7, 11) is 0. The predicted octanol–water partition coefficient (Wildman–Crippen LogP) is 6.60. The fourth-order valence-corrected chi connectivity index (χ4v) is 2.96. The van der Waals surface area contributed by atoms with Gasteiger partial charge in [0, 0.05) is 12.8 Å². The summed E-state index contributed by atoms with van der Waals surface area (Å²) < 4.78 is 10.5. The molecule has 0 saturated carbocycles. The third-order valence-electron chi connectivity index (χ3n) is 4.71. The lowest BCUT2D eigenvalue weighted by Gasteiger charge is -2.06. The van der Waals surface area contributed by atoms with Gasteiger partial charge in [0.1, 0.15) is 0 Å². The van der Waals surface area contributed by atoms with Gasteiger partial charge in [0.2, 0.25) is 0 Å². The van der Waals surface area contributed by atoms with Crippen LogP contribution in [0.25, 0.3) is 0 Å². The molecule has 4 nitrogen and oxygen atoms in total. The first-order chi connectivity index (χ1) is 13.1. The van der Waals surface area contributed by atoms with Gasteiger partial charge in [0.25, 0.3) is 0 Å². The predicted molar refractivity (Wildman–Crippen MR) is 112 cm³/mol. The molecule has 0 spiro atoms. The molecule has 27 heavy (non-hydrogen) atoms. The molecule has 0 aliphatic carbocycles. The summed E-state index contributed by atoms with van der Waals surface area (Å²) in [6, 6.07) is 0. The lowest BCUT2D eigenvalue weighted by Crippen LogP contribution is -2.06. The van der Waals surface area contributed by atoms with Crippen molar-refractivity contribution in [2.75, 3.05) is 13.2 Å². The second-order valence-corrected chi connectivity index (χ2v) is 8.01. The molecule has 0 rings (SSSR count). The number of unbranched alkanes of at least 4 members (excludes halogenated alkanes) is 9. The number of carbonyl (C=O) groups is 2. The molecule has 0 radical (unpaired) electrons. The third kappa shape index (κ3) is 21.1. The van der Waals surface area contributed by atoms with Crippen LogP contribution in [-0.2, 0) is 19.1 Å². The molecule has 0 aromatic rings. The molecule has 0 aliphatic rings. The van der Waals surface area contributed by atoms with Crippen molar-refractivity contribution in [3.63, 3.8) is 0 Å². The molecule has 0 unspecified atom stereocenters. The van der Waals surface area contributed by atoms with Gasteiger partial charge in [0.05, 0.1) is 13.2 Å². The SMILES string of the molecule is CCCCCCCOC(=O)CCCCCCCCC(=O)OCCCC(C)C. The van der Waals surface area contributed by atoms with Crippen molar-refractivity contribution in [1.82, 2.24) is 0 Å². The fourth-order valence-electron chi connectivity index (χ4n) is 2.96. The van der Waals surface area contributed by atoms with Crippen LogP contribution in [0.3, 0.4) is 0 Å². The van der Waals surface area contributed by atoms with Gasteiger partial charge in [-0.15, -0.1) is 0 Å². The number of hydrogen-bond donors (Lipinski definition) is 0. The van der Waals surface area contributed by atoms with Gasteiger partial charge < -0.3 is 9.47 Å². The second-order valence-electron chi connectivity index (χ2n) is 8.01. The summed E-state index contributed by atoms with van der Waals surface area (Å²) in [4.78, 5) is 23.2. The maximum absolute atomic E-state index is 11.6. The van der Waals surface area contributed by atoms with Crippen molar-refractivity contribution < 1.29 is 19.1 Å². The summed E-state index contributed by atoms with van der Waals surface area (Å²) in [6.07, 6.45) is 15.2. The van der Waals surface area contributed by atoms with Crippen LogP contribution < -0.4 is 0 Å². The van der Waals surface area contributed by atoms with Gasteiger partial charge in [-0.1, -0.05) is 72.1 Å². The Morgan fingerprint density at radius 3 is 1.59 bits per heavy atom. The fraction of sp³-hybridized carbons (Fsp3) is 0.913. The molecule has 0 bridgehead atoms. The highest BCUT2D eigenvalue weighted by molar-refractivity contribution is 5.69. The normalized spacial score (nSPS) is 11.0. The molecule has 0 saturated heterocycles. The minimum absolute atomic E-state index is 0.0503. The standard InChI is InChI=1S/C23H44O4/c1-4-5-6-11-14-19-26-22(24)17-12-9-7-8-10-13-18-23(25)27-20-15-16-21(2)3/h21H,4-20H2,1-3H3. The van der Waals surface area contributed by atoms with Crippen LogP contribution in [-0.4, -0.2) is 25.2 Å². The lowest BCUT2D eigenvalue weighted by molar-refractivity contribution is -0.144. The summed E-state index contributed by atoms with van der Waals surface area (Å²) in [5.74, 6) is 0.558. The van der Waals surface area contributed by atoms with Gasteiger partial charge in [0.15, 0.2) is 0 Å². The Hall–Kier alpha value is -1.06. The molecule has 160 valence electrons. The molecule has 0 aliphatic heterocycles. The third-order valence-corrected chi connectivity index (χ3v) is 4.71. The van der Waals surface area contributed by atoms with E-state index in [2.05, 4.69) is 20.8 Å². The van der Waals surface area contributed by atoms with Crippen LogP contribution in [0.2, 0.25) is 0 Å². The highest BCUT2D eigenvalue weighted by Crippen LogP contribution is 2.10. The minimum Gasteiger partial charge on any atom is -0.466 e. The first-order valence-electron chi connectivity index (χ1n) is 11.4. The van der Waals surface area contributed by atoms with E-state index in [-0.39, 0.29) is 11.9 Å². The smallest absolute Gasteiger partial charge is 0.305 e. The van der Waals surface area contributed by atoms with E-state index in [0.717, 1.165) is 64.2 Å². The van der Waals surface area contributed by atoms with E-state index in [1.807, 2.05) is 0 Å². The first kappa shape index (κ1) is 25.9. The van der Waals surface area contributed by atoms with Crippen LogP contribution in [0.4, 0.5) is 0 Å². The lowest BCUT2D eigenvalue weighted by atomic mass is 10.1. The average molecular weight is 385 g/mol. The Balaban J connectivity index is 3.27. The summed E-state index contributed by atoms with van der Waals surface area (Å²) in [5, 5.41) is 0. The van der Waals surface area contributed by atoms with E-state index < -0.39 is 0 Å². The van der Waals surface area contributed by atoms with E-state index in [1.165, 1.54) is 19.3 Å². The van der Waals surface area contributed by atoms with Crippen molar-refractivity contribution in [2.24, 2.45) is 5.92 Å². The van der Waals surface area contributed by atoms with Crippen LogP contribution in [0.1, 0.15) is 117 Å². The van der Waals surface area contributed by atoms with E-state index in [4.69, 9.17) is 9.47 Å². The highest BCUT2D eigenvalue weighted by Gasteiger charge is 2.04. The maximum atomic E-state index is 11.6. The summed E-state index contributed by atoms with van der Waals surface area (Å²) >= 11 is 0. The summed E-state index contributed by atoms with van der Waals surface area (Å²) in [5.41, 5.74) is 0. The van der Waals surface area contributed by atoms with Crippen molar-refractivity contribution in [2.45, 2.75) is 117 Å². The quantitative estimate of drug-likeness (QED) is 0.186. The summed E-state index contributed by atoms with van der Waals surface area (Å²) in [6.45, 7) is 7.70. The molecule has 0 N–H and O–H groups in total. The van der Waals surface area contributed by atoms with Crippen LogP contribution in [0.15, 0.2) is 0 Å². The van der Waals surface area contributed by atoms with E-state index in [1.54, 1.807) is 0 Å². The molecular weight excluding hydrogens is 340 g/mol. The zero-order valence-electron chi connectivity index (χ0n) is 18.2. The molecular formula is C23H44O4. The van der Waals surface area contributed by atoms with Gasteiger partial charge in [-0.2, -0.15) is 0 Å². The minimum atomic E-state index is -0.0591. The van der Waals surface area contributed by atoms with Gasteiger partial charge in [-0.3, -0.25) is 9.59 Å². The molecule has 4 heteroatoms. The first-order valence-corrected chi connectivity index (χ1v) is 11.4. The Morgan fingerprint density at radius 2 is 1.07 bits per heavy atom. The maximum Gasteiger partial charge on any atom is 0.305 e. The largest absolute Gasteiger partial charge is 0.466 e. The Kier molecular flexibility index (Phi) is 18.9. The number of esters is 2. The molecule has 0 fully saturated rings. The Morgan fingerprint density at radius 1 is 0.630 bits per heavy atom. The molecule has 0 aromatic heterocycles. The highest BCUT2D eigenvalue weighted by atomic mass is 16.5. The van der Waals surface area contributed by atoms with Crippen LogP contribution >= 0.6 is 0 Å². The number of ether oxygens (including phenoxy) is 2. The van der Waals surface area contributed by atoms with Crippen LogP contribution in [0, 0.1) is 5.92 Å². The molecule has 0 amide bonds. The van der Waals surface area contributed by atoms with Gasteiger partial charge >= 0.3 is 11.9 Å². The average Bonchev–Trinajstić information content (AvgIpc) is 2.63. The van der Waals surface area contributed by atoms with E-state index >= 15 is 0 Å². The second kappa shape index (κ2) is 19.7. The number of hydrogen-bond acceptors (Lipinski definition) is 4. The van der Waals surface area contributed by atoms with Crippen molar-refractivity contribution in [1.29, 1.82) is 0 Å². The zero-order chi connectivity index (χ0) is 20.2. The monoisotopic (exact) mass is 384 g/mol. The Bertz CT molecular complexity index is 352. The van der Waals surface area contributed by atoms with Crippen molar-refractivity contribution in [3.8, 4) is 0 Å². The van der Waals surface area contributed by atoms with Gasteiger partial charge in [-0.05, 0) is 38.0 Å². The van der Waals surface area contributed by atoms with Crippen LogP contribution in [0.5, 0.6) is 0 Å². The molecule has 0 atom stereocenters. The van der Waals surface area contributed by atoms with Crippen molar-refractivity contribution >= 4 is 11.9 Å². The zero-order valence-corrected chi connectivity index (χ0v) is 18.2. The Labute approximate surface area is 167 Å².